The molecule has 1 amide bonds. The molecule has 1 saturated heterocycles. The predicted octanol–water partition coefficient (Wildman–Crippen LogP) is 3.31. The van der Waals surface area contributed by atoms with Gasteiger partial charge < -0.3 is 14.5 Å². The lowest BCUT2D eigenvalue weighted by molar-refractivity contribution is -0.0801. The maximum absolute atomic E-state index is 12.1. The normalized spacial score (nSPS) is 17.1. The van der Waals surface area contributed by atoms with Crippen molar-refractivity contribution in [3.05, 3.63) is 71.7 Å². The van der Waals surface area contributed by atoms with Crippen molar-refractivity contribution in [1.82, 2.24) is 19.9 Å². The zero-order chi connectivity index (χ0) is 22.1. The monoisotopic (exact) mass is 429 g/mol. The second-order valence-corrected chi connectivity index (χ2v) is 8.62. The molecule has 0 saturated carbocycles. The van der Waals surface area contributed by atoms with E-state index in [0.29, 0.717) is 12.2 Å². The number of aromatic nitrogens is 3. The maximum Gasteiger partial charge on any atom is 0.254 e. The highest BCUT2D eigenvalue weighted by atomic mass is 16.5. The van der Waals surface area contributed by atoms with E-state index in [9.17, 15) is 4.79 Å². The first-order chi connectivity index (χ1) is 15.6. The number of ether oxygens (including phenoxy) is 1. The van der Waals surface area contributed by atoms with Gasteiger partial charge in [0.2, 0.25) is 0 Å². The Balaban J connectivity index is 1.36. The number of fused-ring (bicyclic) bond motifs is 2. The van der Waals surface area contributed by atoms with Crippen molar-refractivity contribution in [2.75, 3.05) is 38.7 Å². The summed E-state index contributed by atoms with van der Waals surface area (Å²) in [6.45, 7) is 2.33. The lowest BCUT2D eigenvalue weighted by Gasteiger charge is -2.44. The Hall–Kier alpha value is -3.32. The van der Waals surface area contributed by atoms with Gasteiger partial charge in [-0.15, -0.1) is 0 Å². The quantitative estimate of drug-likeness (QED) is 0.636. The number of hydrogen-bond acceptors (Lipinski definition) is 6. The Morgan fingerprint density at radius 3 is 2.50 bits per heavy atom. The van der Waals surface area contributed by atoms with E-state index in [1.54, 1.807) is 25.2 Å². The van der Waals surface area contributed by atoms with Crippen LogP contribution in [-0.2, 0) is 16.8 Å². The van der Waals surface area contributed by atoms with Gasteiger partial charge in [0.1, 0.15) is 11.4 Å². The number of carbonyl (C=O) groups excluding carboxylic acids is 1. The molecule has 0 radical (unpaired) electrons. The lowest BCUT2D eigenvalue weighted by atomic mass is 9.83. The van der Waals surface area contributed by atoms with Gasteiger partial charge >= 0.3 is 0 Å². The van der Waals surface area contributed by atoms with Crippen molar-refractivity contribution in [1.29, 1.82) is 0 Å². The fourth-order valence-electron chi connectivity index (χ4n) is 4.57. The van der Waals surface area contributed by atoms with E-state index >= 15 is 0 Å². The van der Waals surface area contributed by atoms with Crippen LogP contribution in [0.4, 0.5) is 5.82 Å². The van der Waals surface area contributed by atoms with Crippen molar-refractivity contribution in [2.24, 2.45) is 0 Å². The van der Waals surface area contributed by atoms with Crippen LogP contribution >= 0.6 is 0 Å². The van der Waals surface area contributed by atoms with E-state index in [1.807, 2.05) is 48.7 Å². The molecule has 32 heavy (non-hydrogen) atoms. The maximum atomic E-state index is 12.1. The minimum absolute atomic E-state index is 0.0391. The van der Waals surface area contributed by atoms with Gasteiger partial charge in [-0.3, -0.25) is 4.79 Å². The molecule has 4 heterocycles. The average molecular weight is 430 g/mol. The SMILES string of the molecule is CN(C)C(=O)c1ccc(N2CCC3(CC2)OCCc2cnc(-c4ccccc4)nc23)nc1. The summed E-state index contributed by atoms with van der Waals surface area (Å²) >= 11 is 0. The number of amides is 1. The molecule has 2 aliphatic heterocycles. The molecule has 0 bridgehead atoms. The van der Waals surface area contributed by atoms with E-state index in [0.717, 1.165) is 55.3 Å². The van der Waals surface area contributed by atoms with Crippen LogP contribution in [0, 0.1) is 0 Å². The fourth-order valence-corrected chi connectivity index (χ4v) is 4.57. The number of benzene rings is 1. The van der Waals surface area contributed by atoms with Crippen LogP contribution in [0.1, 0.15) is 34.5 Å². The van der Waals surface area contributed by atoms with Gasteiger partial charge in [0.15, 0.2) is 5.82 Å². The van der Waals surface area contributed by atoms with E-state index in [1.165, 1.54) is 5.56 Å². The molecule has 7 heteroatoms. The lowest BCUT2D eigenvalue weighted by Crippen LogP contribution is -2.47. The summed E-state index contributed by atoms with van der Waals surface area (Å²) < 4.78 is 6.40. The summed E-state index contributed by atoms with van der Waals surface area (Å²) in [7, 11) is 3.49. The molecule has 0 N–H and O–H groups in total. The molecule has 0 atom stereocenters. The van der Waals surface area contributed by atoms with Crippen LogP contribution in [-0.4, -0.2) is 59.6 Å². The third-order valence-electron chi connectivity index (χ3n) is 6.37. The first kappa shape index (κ1) is 20.6. The predicted molar refractivity (Wildman–Crippen MR) is 123 cm³/mol. The number of pyridine rings is 1. The number of carbonyl (C=O) groups is 1. The van der Waals surface area contributed by atoms with Gasteiger partial charge in [-0.25, -0.2) is 15.0 Å². The molecule has 1 fully saturated rings. The van der Waals surface area contributed by atoms with Crippen molar-refractivity contribution >= 4 is 11.7 Å². The number of anilines is 1. The van der Waals surface area contributed by atoms with Crippen LogP contribution in [0.15, 0.2) is 54.9 Å². The third kappa shape index (κ3) is 3.73. The second kappa shape index (κ2) is 8.31. The molecule has 2 aliphatic rings. The van der Waals surface area contributed by atoms with Gasteiger partial charge in [0.05, 0.1) is 17.9 Å². The Bertz CT molecular complexity index is 1110. The highest BCUT2D eigenvalue weighted by Crippen LogP contribution is 2.41. The summed E-state index contributed by atoms with van der Waals surface area (Å²) in [5.74, 6) is 1.60. The number of nitrogens with zero attached hydrogens (tertiary/aromatic N) is 5. The summed E-state index contributed by atoms with van der Waals surface area (Å²) in [5, 5.41) is 0. The molecular formula is C25H27N5O2. The molecular weight excluding hydrogens is 402 g/mol. The average Bonchev–Trinajstić information content (AvgIpc) is 2.85. The number of piperidine rings is 1. The van der Waals surface area contributed by atoms with E-state index in [-0.39, 0.29) is 11.5 Å². The van der Waals surface area contributed by atoms with Crippen LogP contribution in [0.2, 0.25) is 0 Å². The molecule has 0 unspecified atom stereocenters. The Morgan fingerprint density at radius 1 is 1.03 bits per heavy atom. The molecule has 1 aromatic carbocycles. The molecule has 2 aromatic heterocycles. The fraction of sp³-hybridized carbons (Fsp3) is 0.360. The van der Waals surface area contributed by atoms with Crippen molar-refractivity contribution in [3.63, 3.8) is 0 Å². The molecule has 7 nitrogen and oxygen atoms in total. The Kier molecular flexibility index (Phi) is 5.35. The first-order valence-corrected chi connectivity index (χ1v) is 11.0. The summed E-state index contributed by atoms with van der Waals surface area (Å²) in [4.78, 5) is 30.1. The molecule has 164 valence electrons. The standard InChI is InChI=1S/C25H27N5O2/c1-29(2)24(31)20-8-9-21(26-17-20)30-13-11-25(12-14-30)22-19(10-15-32-25)16-27-23(28-22)18-6-4-3-5-7-18/h3-9,16-17H,10-15H2,1-2H3. The molecule has 3 aromatic rings. The van der Waals surface area contributed by atoms with Crippen LogP contribution in [0.5, 0.6) is 0 Å². The highest BCUT2D eigenvalue weighted by molar-refractivity contribution is 5.93. The minimum Gasteiger partial charge on any atom is -0.368 e. The first-order valence-electron chi connectivity index (χ1n) is 11.0. The highest BCUT2D eigenvalue weighted by Gasteiger charge is 2.42. The zero-order valence-electron chi connectivity index (χ0n) is 18.5. The van der Waals surface area contributed by atoms with Crippen molar-refractivity contribution in [2.45, 2.75) is 24.9 Å². The molecule has 5 rings (SSSR count). The summed E-state index contributed by atoms with van der Waals surface area (Å²) in [6.07, 6.45) is 6.16. The van der Waals surface area contributed by atoms with Crippen LogP contribution < -0.4 is 4.90 Å². The third-order valence-corrected chi connectivity index (χ3v) is 6.37. The number of hydrogen-bond donors (Lipinski definition) is 0. The van der Waals surface area contributed by atoms with Gasteiger partial charge in [-0.1, -0.05) is 30.3 Å². The minimum atomic E-state index is -0.378. The zero-order valence-corrected chi connectivity index (χ0v) is 18.5. The second-order valence-electron chi connectivity index (χ2n) is 8.62. The van der Waals surface area contributed by atoms with Crippen molar-refractivity contribution < 1.29 is 9.53 Å². The molecule has 0 aliphatic carbocycles. The van der Waals surface area contributed by atoms with Crippen LogP contribution in [0.25, 0.3) is 11.4 Å². The number of rotatable bonds is 3. The van der Waals surface area contributed by atoms with Gasteiger partial charge in [-0.2, -0.15) is 0 Å². The summed E-state index contributed by atoms with van der Waals surface area (Å²) in [6, 6.07) is 13.9. The van der Waals surface area contributed by atoms with Gasteiger partial charge in [-0.05, 0) is 37.0 Å². The Morgan fingerprint density at radius 2 is 1.81 bits per heavy atom. The molecule has 1 spiro atoms. The van der Waals surface area contributed by atoms with Gasteiger partial charge in [0, 0.05) is 45.1 Å². The van der Waals surface area contributed by atoms with Crippen LogP contribution in [0.3, 0.4) is 0 Å². The topological polar surface area (TPSA) is 71.5 Å². The van der Waals surface area contributed by atoms with E-state index in [4.69, 9.17) is 9.72 Å². The van der Waals surface area contributed by atoms with E-state index in [2.05, 4.69) is 14.9 Å². The van der Waals surface area contributed by atoms with E-state index < -0.39 is 0 Å². The van der Waals surface area contributed by atoms with Gasteiger partial charge in [0.25, 0.3) is 5.91 Å². The smallest absolute Gasteiger partial charge is 0.254 e. The Labute approximate surface area is 188 Å². The summed E-state index contributed by atoms with van der Waals surface area (Å²) in [5.41, 5.74) is 3.47. The largest absolute Gasteiger partial charge is 0.368 e. The van der Waals surface area contributed by atoms with Crippen molar-refractivity contribution in [3.8, 4) is 11.4 Å².